The maximum atomic E-state index is 11.7. The van der Waals surface area contributed by atoms with E-state index in [1.807, 2.05) is 47.7 Å². The molecule has 0 saturated carbocycles. The molecule has 0 spiro atoms. The Balaban J connectivity index is 1.86. The second-order valence-corrected chi connectivity index (χ2v) is 4.61. The number of amides is 1. The highest BCUT2D eigenvalue weighted by Crippen LogP contribution is 2.15. The Hall–Kier alpha value is -1.42. The molecule has 0 aromatic heterocycles. The van der Waals surface area contributed by atoms with Crippen LogP contribution < -0.4 is 5.32 Å². The molecule has 0 fully saturated rings. The summed E-state index contributed by atoms with van der Waals surface area (Å²) in [4.78, 5) is 13.6. The van der Waals surface area contributed by atoms with Crippen molar-refractivity contribution in [3.63, 3.8) is 0 Å². The maximum Gasteiger partial charge on any atom is 0.243 e. The molecule has 1 amide bonds. The van der Waals surface area contributed by atoms with Gasteiger partial charge in [-0.1, -0.05) is 17.7 Å². The van der Waals surface area contributed by atoms with E-state index < -0.39 is 0 Å². The Kier molecular flexibility index (Phi) is 3.51. The zero-order chi connectivity index (χ0) is 11.4. The number of benzene rings is 1. The Morgan fingerprint density at radius 3 is 2.81 bits per heavy atom. The molecule has 0 aliphatic carbocycles. The highest BCUT2D eigenvalue weighted by atomic mass is 32.2. The minimum atomic E-state index is 0.0241. The third kappa shape index (κ3) is 3.03. The Morgan fingerprint density at radius 1 is 1.44 bits per heavy atom. The van der Waals surface area contributed by atoms with Crippen molar-refractivity contribution in [2.24, 2.45) is 0 Å². The van der Waals surface area contributed by atoms with Gasteiger partial charge in [0.1, 0.15) is 0 Å². The maximum absolute atomic E-state index is 11.7. The lowest BCUT2D eigenvalue weighted by Gasteiger charge is -2.14. The lowest BCUT2D eigenvalue weighted by Crippen LogP contribution is -2.27. The van der Waals surface area contributed by atoms with Crippen LogP contribution in [-0.4, -0.2) is 23.2 Å². The van der Waals surface area contributed by atoms with Crippen LogP contribution in [0, 0.1) is 6.92 Å². The number of nitrogens with one attached hydrogen (secondary N) is 1. The van der Waals surface area contributed by atoms with Gasteiger partial charge in [0, 0.05) is 11.9 Å². The lowest BCUT2D eigenvalue weighted by molar-refractivity contribution is -0.116. The standard InChI is InChI=1S/C12H14N2OS/c1-10-2-4-11(5-3-10)13-12(15)8-14-6-7-16-9-14/h2-7H,8-9H2,1H3,(H,13,15). The van der Waals surface area contributed by atoms with E-state index in [1.54, 1.807) is 11.8 Å². The number of aryl methyl sites for hydroxylation is 1. The number of anilines is 1. The molecular weight excluding hydrogens is 220 g/mol. The van der Waals surface area contributed by atoms with Gasteiger partial charge in [0.15, 0.2) is 0 Å². The van der Waals surface area contributed by atoms with Crippen LogP contribution in [0.15, 0.2) is 35.9 Å². The van der Waals surface area contributed by atoms with Crippen LogP contribution in [-0.2, 0) is 4.79 Å². The van der Waals surface area contributed by atoms with Gasteiger partial charge in [0.05, 0.1) is 12.4 Å². The number of nitrogens with zero attached hydrogens (tertiary/aromatic N) is 1. The molecule has 1 heterocycles. The Morgan fingerprint density at radius 2 is 2.19 bits per heavy atom. The van der Waals surface area contributed by atoms with Gasteiger partial charge < -0.3 is 10.2 Å². The first-order valence-corrected chi connectivity index (χ1v) is 6.18. The van der Waals surface area contributed by atoms with Gasteiger partial charge in [-0.3, -0.25) is 4.79 Å². The fourth-order valence-corrected chi connectivity index (χ4v) is 2.14. The molecule has 0 unspecified atom stereocenters. The van der Waals surface area contributed by atoms with Gasteiger partial charge in [0.2, 0.25) is 5.91 Å². The highest BCUT2D eigenvalue weighted by Gasteiger charge is 2.09. The van der Waals surface area contributed by atoms with E-state index >= 15 is 0 Å². The first kappa shape index (κ1) is 11.1. The van der Waals surface area contributed by atoms with Crippen LogP contribution in [0.25, 0.3) is 0 Å². The predicted molar refractivity (Wildman–Crippen MR) is 68.1 cm³/mol. The number of carbonyl (C=O) groups is 1. The van der Waals surface area contributed by atoms with E-state index in [2.05, 4.69) is 5.32 Å². The molecule has 1 aliphatic rings. The average molecular weight is 234 g/mol. The van der Waals surface area contributed by atoms with Crippen molar-refractivity contribution in [3.05, 3.63) is 41.4 Å². The van der Waals surface area contributed by atoms with E-state index in [0.717, 1.165) is 11.6 Å². The molecule has 0 saturated heterocycles. The quantitative estimate of drug-likeness (QED) is 0.871. The summed E-state index contributed by atoms with van der Waals surface area (Å²) in [6.07, 6.45) is 1.94. The molecule has 2 rings (SSSR count). The van der Waals surface area contributed by atoms with E-state index in [-0.39, 0.29) is 5.91 Å². The van der Waals surface area contributed by atoms with Crippen LogP contribution in [0.3, 0.4) is 0 Å². The molecule has 1 aromatic rings. The monoisotopic (exact) mass is 234 g/mol. The van der Waals surface area contributed by atoms with E-state index in [9.17, 15) is 4.79 Å². The fraction of sp³-hybridized carbons (Fsp3) is 0.250. The lowest BCUT2D eigenvalue weighted by atomic mass is 10.2. The SMILES string of the molecule is Cc1ccc(NC(=O)CN2C=CSC2)cc1. The number of carbonyl (C=O) groups excluding carboxylic acids is 1. The summed E-state index contributed by atoms with van der Waals surface area (Å²) in [5, 5.41) is 4.87. The summed E-state index contributed by atoms with van der Waals surface area (Å²) >= 11 is 1.70. The average Bonchev–Trinajstić information content (AvgIpc) is 2.74. The molecule has 1 N–H and O–H groups in total. The molecule has 3 nitrogen and oxygen atoms in total. The predicted octanol–water partition coefficient (Wildman–Crippen LogP) is 2.41. The van der Waals surface area contributed by atoms with Crippen molar-refractivity contribution >= 4 is 23.4 Å². The van der Waals surface area contributed by atoms with Crippen molar-refractivity contribution < 1.29 is 4.79 Å². The van der Waals surface area contributed by atoms with Crippen LogP contribution in [0.4, 0.5) is 5.69 Å². The van der Waals surface area contributed by atoms with Crippen molar-refractivity contribution in [3.8, 4) is 0 Å². The minimum absolute atomic E-state index is 0.0241. The van der Waals surface area contributed by atoms with Crippen LogP contribution in [0.1, 0.15) is 5.56 Å². The first-order valence-electron chi connectivity index (χ1n) is 5.13. The fourth-order valence-electron chi connectivity index (χ4n) is 1.43. The third-order valence-electron chi connectivity index (χ3n) is 2.29. The highest BCUT2D eigenvalue weighted by molar-refractivity contribution is 8.02. The molecule has 1 aliphatic heterocycles. The third-order valence-corrected chi connectivity index (χ3v) is 3.09. The Bertz CT molecular complexity index is 400. The van der Waals surface area contributed by atoms with Crippen molar-refractivity contribution in [2.45, 2.75) is 6.92 Å². The summed E-state index contributed by atoms with van der Waals surface area (Å²) in [6.45, 7) is 2.44. The van der Waals surface area contributed by atoms with E-state index in [0.29, 0.717) is 6.54 Å². The van der Waals surface area contributed by atoms with Crippen molar-refractivity contribution in [1.29, 1.82) is 0 Å². The second kappa shape index (κ2) is 5.07. The molecular formula is C12H14N2OS. The zero-order valence-corrected chi connectivity index (χ0v) is 9.96. The van der Waals surface area contributed by atoms with Gasteiger partial charge in [-0.25, -0.2) is 0 Å². The van der Waals surface area contributed by atoms with E-state index in [4.69, 9.17) is 0 Å². The van der Waals surface area contributed by atoms with E-state index in [1.165, 1.54) is 5.56 Å². The summed E-state index contributed by atoms with van der Waals surface area (Å²) in [7, 11) is 0. The first-order chi connectivity index (χ1) is 7.74. The van der Waals surface area contributed by atoms with Gasteiger partial charge in [-0.2, -0.15) is 0 Å². The molecule has 0 radical (unpaired) electrons. The minimum Gasteiger partial charge on any atom is -0.358 e. The van der Waals surface area contributed by atoms with Gasteiger partial charge in [-0.15, -0.1) is 11.8 Å². The van der Waals surface area contributed by atoms with Crippen LogP contribution >= 0.6 is 11.8 Å². The molecule has 0 atom stereocenters. The zero-order valence-electron chi connectivity index (χ0n) is 9.14. The van der Waals surface area contributed by atoms with Crippen LogP contribution in [0.5, 0.6) is 0 Å². The number of hydrogen-bond donors (Lipinski definition) is 1. The molecule has 4 heteroatoms. The van der Waals surface area contributed by atoms with Gasteiger partial charge in [0.25, 0.3) is 0 Å². The number of thioether (sulfide) groups is 1. The number of hydrogen-bond acceptors (Lipinski definition) is 3. The topological polar surface area (TPSA) is 32.3 Å². The molecule has 16 heavy (non-hydrogen) atoms. The normalized spacial score (nSPS) is 14.2. The molecule has 84 valence electrons. The van der Waals surface area contributed by atoms with Gasteiger partial charge >= 0.3 is 0 Å². The van der Waals surface area contributed by atoms with Crippen molar-refractivity contribution in [1.82, 2.24) is 4.90 Å². The summed E-state index contributed by atoms with van der Waals surface area (Å²) < 4.78 is 0. The molecule has 0 bridgehead atoms. The second-order valence-electron chi connectivity index (χ2n) is 3.74. The Labute approximate surface area is 99.5 Å². The largest absolute Gasteiger partial charge is 0.358 e. The smallest absolute Gasteiger partial charge is 0.243 e. The van der Waals surface area contributed by atoms with Gasteiger partial charge in [-0.05, 0) is 24.5 Å². The van der Waals surface area contributed by atoms with Crippen LogP contribution in [0.2, 0.25) is 0 Å². The number of rotatable bonds is 3. The summed E-state index contributed by atoms with van der Waals surface area (Å²) in [5.41, 5.74) is 2.04. The molecule has 1 aromatic carbocycles. The van der Waals surface area contributed by atoms with Crippen molar-refractivity contribution in [2.75, 3.05) is 17.7 Å². The summed E-state index contributed by atoms with van der Waals surface area (Å²) in [6, 6.07) is 7.81. The summed E-state index contributed by atoms with van der Waals surface area (Å²) in [5.74, 6) is 0.886.